The van der Waals surface area contributed by atoms with Crippen molar-refractivity contribution in [3.63, 3.8) is 0 Å². The van der Waals surface area contributed by atoms with Gasteiger partial charge in [0, 0.05) is 11.1 Å². The van der Waals surface area contributed by atoms with Crippen molar-refractivity contribution in [3.05, 3.63) is 84.3 Å². The molecule has 0 aliphatic rings. The number of furan rings is 1. The summed E-state index contributed by atoms with van der Waals surface area (Å²) in [5.74, 6) is 0.627. The summed E-state index contributed by atoms with van der Waals surface area (Å²) in [6.07, 6.45) is 4.63. The first-order valence-electron chi connectivity index (χ1n) is 6.88. The molecule has 0 atom stereocenters. The van der Waals surface area contributed by atoms with E-state index in [-0.39, 0.29) is 11.5 Å². The molecule has 0 spiro atoms. The first-order valence-corrected chi connectivity index (χ1v) is 6.88. The van der Waals surface area contributed by atoms with E-state index in [9.17, 15) is 9.90 Å². The predicted molar refractivity (Wildman–Crippen MR) is 85.6 cm³/mol. The summed E-state index contributed by atoms with van der Waals surface area (Å²) in [5, 5.41) is 10.0. The van der Waals surface area contributed by atoms with Gasteiger partial charge in [0.2, 0.25) is 0 Å². The lowest BCUT2D eigenvalue weighted by molar-refractivity contribution is 0.104. The van der Waals surface area contributed by atoms with E-state index in [2.05, 4.69) is 0 Å². The minimum Gasteiger partial charge on any atom is -0.507 e. The molecular weight excluding hydrogens is 276 g/mol. The van der Waals surface area contributed by atoms with Crippen LogP contribution >= 0.6 is 0 Å². The quantitative estimate of drug-likeness (QED) is 0.566. The molecule has 3 rings (SSSR count). The summed E-state index contributed by atoms with van der Waals surface area (Å²) in [6, 6.07) is 17.8. The van der Waals surface area contributed by atoms with E-state index < -0.39 is 0 Å². The number of carbonyl (C=O) groups is 1. The first kappa shape index (κ1) is 13.9. The number of hydrogen-bond acceptors (Lipinski definition) is 3. The van der Waals surface area contributed by atoms with Gasteiger partial charge in [0.15, 0.2) is 5.78 Å². The molecule has 1 aromatic heterocycles. The number of phenolic OH excluding ortho intramolecular Hbond substituents is 1. The summed E-state index contributed by atoms with van der Waals surface area (Å²) in [6.45, 7) is 0. The van der Waals surface area contributed by atoms with Gasteiger partial charge in [-0.05, 0) is 48.0 Å². The van der Waals surface area contributed by atoms with Gasteiger partial charge in [-0.2, -0.15) is 0 Å². The molecule has 22 heavy (non-hydrogen) atoms. The van der Waals surface area contributed by atoms with Crippen LogP contribution in [-0.4, -0.2) is 10.9 Å². The molecule has 1 N–H and O–H groups in total. The minimum atomic E-state index is -0.145. The molecule has 0 amide bonds. The number of aromatic hydroxyl groups is 1. The van der Waals surface area contributed by atoms with E-state index in [0.717, 1.165) is 5.56 Å². The lowest BCUT2D eigenvalue weighted by Gasteiger charge is -2.06. The van der Waals surface area contributed by atoms with Gasteiger partial charge in [-0.15, -0.1) is 0 Å². The zero-order valence-corrected chi connectivity index (χ0v) is 11.8. The van der Waals surface area contributed by atoms with Crippen LogP contribution in [0, 0.1) is 0 Å². The summed E-state index contributed by atoms with van der Waals surface area (Å²) in [7, 11) is 0. The molecule has 3 heteroatoms. The van der Waals surface area contributed by atoms with Crippen molar-refractivity contribution in [2.75, 3.05) is 0 Å². The van der Waals surface area contributed by atoms with Gasteiger partial charge >= 0.3 is 0 Å². The molecular formula is C19H14O3. The fourth-order valence-electron chi connectivity index (χ4n) is 2.18. The van der Waals surface area contributed by atoms with Gasteiger partial charge in [-0.1, -0.05) is 30.3 Å². The molecule has 108 valence electrons. The topological polar surface area (TPSA) is 50.4 Å². The lowest BCUT2D eigenvalue weighted by Crippen LogP contribution is -1.94. The van der Waals surface area contributed by atoms with Crippen molar-refractivity contribution in [2.45, 2.75) is 0 Å². The second-order valence-corrected chi connectivity index (χ2v) is 4.81. The van der Waals surface area contributed by atoms with Crippen molar-refractivity contribution in [3.8, 4) is 16.9 Å². The normalized spacial score (nSPS) is 10.9. The second-order valence-electron chi connectivity index (χ2n) is 4.81. The maximum Gasteiger partial charge on any atom is 0.185 e. The van der Waals surface area contributed by atoms with Crippen LogP contribution in [0.15, 0.2) is 77.4 Å². The Hall–Kier alpha value is -3.07. The number of rotatable bonds is 4. The van der Waals surface area contributed by atoms with Crippen LogP contribution in [-0.2, 0) is 0 Å². The van der Waals surface area contributed by atoms with E-state index in [4.69, 9.17) is 4.42 Å². The Kier molecular flexibility index (Phi) is 3.88. The van der Waals surface area contributed by atoms with Gasteiger partial charge in [-0.3, -0.25) is 4.79 Å². The number of allylic oxidation sites excluding steroid dienone is 1. The van der Waals surface area contributed by atoms with Crippen LogP contribution in [0.1, 0.15) is 16.1 Å². The Labute approximate surface area is 128 Å². The summed E-state index contributed by atoms with van der Waals surface area (Å²) in [4.78, 5) is 12.2. The molecule has 0 radical (unpaired) electrons. The van der Waals surface area contributed by atoms with E-state index in [0.29, 0.717) is 16.9 Å². The van der Waals surface area contributed by atoms with Crippen LogP contribution in [0.3, 0.4) is 0 Å². The Morgan fingerprint density at radius 2 is 1.82 bits per heavy atom. The van der Waals surface area contributed by atoms with Crippen LogP contribution in [0.4, 0.5) is 0 Å². The maximum absolute atomic E-state index is 12.2. The zero-order chi connectivity index (χ0) is 15.4. The lowest BCUT2D eigenvalue weighted by atomic mass is 10.00. The van der Waals surface area contributed by atoms with Crippen molar-refractivity contribution in [2.24, 2.45) is 0 Å². The average Bonchev–Trinajstić information content (AvgIpc) is 3.07. The number of phenols is 1. The molecule has 3 nitrogen and oxygen atoms in total. The Bertz CT molecular complexity index is 800. The third-order valence-electron chi connectivity index (χ3n) is 3.31. The van der Waals surface area contributed by atoms with Crippen molar-refractivity contribution in [1.82, 2.24) is 0 Å². The number of carbonyl (C=O) groups excluding carboxylic acids is 1. The highest BCUT2D eigenvalue weighted by molar-refractivity contribution is 6.07. The molecule has 0 aliphatic carbocycles. The predicted octanol–water partition coefficient (Wildman–Crippen LogP) is 4.55. The zero-order valence-electron chi connectivity index (χ0n) is 11.8. The number of hydrogen-bond donors (Lipinski definition) is 1. The average molecular weight is 290 g/mol. The molecule has 0 aliphatic heterocycles. The van der Waals surface area contributed by atoms with Gasteiger partial charge < -0.3 is 9.52 Å². The monoisotopic (exact) mass is 290 g/mol. The molecule has 0 saturated heterocycles. The summed E-state index contributed by atoms with van der Waals surface area (Å²) in [5.41, 5.74) is 2.02. The first-order chi connectivity index (χ1) is 10.7. The maximum atomic E-state index is 12.2. The van der Waals surface area contributed by atoms with Gasteiger partial charge in [0.25, 0.3) is 0 Å². The van der Waals surface area contributed by atoms with Crippen LogP contribution in [0.25, 0.3) is 17.2 Å². The van der Waals surface area contributed by atoms with Gasteiger partial charge in [0.05, 0.1) is 6.26 Å². The number of ketones is 1. The third-order valence-corrected chi connectivity index (χ3v) is 3.31. The smallest absolute Gasteiger partial charge is 0.185 e. The Balaban J connectivity index is 1.90. The van der Waals surface area contributed by atoms with E-state index in [1.54, 1.807) is 36.6 Å². The van der Waals surface area contributed by atoms with E-state index >= 15 is 0 Å². The highest BCUT2D eigenvalue weighted by Crippen LogP contribution is 2.30. The Morgan fingerprint density at radius 1 is 1.00 bits per heavy atom. The van der Waals surface area contributed by atoms with Gasteiger partial charge in [0.1, 0.15) is 11.5 Å². The highest BCUT2D eigenvalue weighted by Gasteiger charge is 2.09. The molecule has 0 bridgehead atoms. The highest BCUT2D eigenvalue weighted by atomic mass is 16.3. The van der Waals surface area contributed by atoms with Crippen LogP contribution in [0.5, 0.6) is 5.75 Å². The second kappa shape index (κ2) is 6.14. The molecule has 0 fully saturated rings. The van der Waals surface area contributed by atoms with Gasteiger partial charge in [-0.25, -0.2) is 0 Å². The molecule has 0 unspecified atom stereocenters. The summed E-state index contributed by atoms with van der Waals surface area (Å²) < 4.78 is 5.15. The fourth-order valence-corrected chi connectivity index (χ4v) is 2.18. The largest absolute Gasteiger partial charge is 0.507 e. The Morgan fingerprint density at radius 3 is 2.55 bits per heavy atom. The molecule has 3 aromatic rings. The third kappa shape index (κ3) is 2.99. The van der Waals surface area contributed by atoms with Crippen LogP contribution < -0.4 is 0 Å². The van der Waals surface area contributed by atoms with Crippen molar-refractivity contribution in [1.29, 1.82) is 0 Å². The van der Waals surface area contributed by atoms with Crippen molar-refractivity contribution < 1.29 is 14.3 Å². The molecule has 0 saturated carbocycles. The van der Waals surface area contributed by atoms with E-state index in [1.165, 1.54) is 12.1 Å². The molecule has 2 aromatic carbocycles. The van der Waals surface area contributed by atoms with E-state index in [1.807, 2.05) is 30.3 Å². The standard InChI is InChI=1S/C19H14O3/c20-18(11-9-16-7-4-12-22-16)15-8-10-19(21)17(13-15)14-5-2-1-3-6-14/h1-13,21H/b11-9+. The SMILES string of the molecule is O=C(/C=C/c1ccco1)c1ccc(O)c(-c2ccccc2)c1. The van der Waals surface area contributed by atoms with Crippen molar-refractivity contribution >= 4 is 11.9 Å². The van der Waals surface area contributed by atoms with Crippen LogP contribution in [0.2, 0.25) is 0 Å². The molecule has 1 heterocycles. The fraction of sp³-hybridized carbons (Fsp3) is 0. The number of benzene rings is 2. The summed E-state index contributed by atoms with van der Waals surface area (Å²) >= 11 is 0. The minimum absolute atomic E-state index is 0.145.